The molecule has 96 valence electrons. The van der Waals surface area contributed by atoms with Gasteiger partial charge < -0.3 is 9.80 Å². The van der Waals surface area contributed by atoms with Crippen molar-refractivity contribution >= 4 is 0 Å². The fourth-order valence-electron chi connectivity index (χ4n) is 2.64. The van der Waals surface area contributed by atoms with E-state index in [1.807, 2.05) is 0 Å². The van der Waals surface area contributed by atoms with E-state index in [9.17, 15) is 0 Å². The van der Waals surface area contributed by atoms with E-state index in [1.165, 1.54) is 45.4 Å². The average Bonchev–Trinajstić information content (AvgIpc) is 2.70. The molecule has 0 amide bonds. The molecule has 1 unspecified atom stereocenters. The second-order valence-corrected chi connectivity index (χ2v) is 5.80. The van der Waals surface area contributed by atoms with Gasteiger partial charge in [0.15, 0.2) is 0 Å². The highest BCUT2D eigenvalue weighted by Gasteiger charge is 2.35. The van der Waals surface area contributed by atoms with Crippen molar-refractivity contribution in [3.63, 3.8) is 0 Å². The van der Waals surface area contributed by atoms with E-state index in [1.54, 1.807) is 0 Å². The molecule has 0 aromatic carbocycles. The Morgan fingerprint density at radius 3 is 2.44 bits per heavy atom. The Morgan fingerprint density at radius 1 is 1.31 bits per heavy atom. The van der Waals surface area contributed by atoms with Crippen molar-refractivity contribution in [1.29, 1.82) is 0 Å². The molecule has 0 radical (unpaired) electrons. The fraction of sp³-hybridized carbons (Fsp3) is 1.00. The maximum Gasteiger partial charge on any atom is 0.00387 e. The largest absolute Gasteiger partial charge is 0.304 e. The first-order valence-corrected chi connectivity index (χ1v) is 6.95. The molecular formula is C14H30N2. The van der Waals surface area contributed by atoms with Crippen LogP contribution in [0.25, 0.3) is 0 Å². The minimum atomic E-state index is 0.610. The normalized spacial score (nSPS) is 27.2. The summed E-state index contributed by atoms with van der Waals surface area (Å²) >= 11 is 0. The number of hydrogen-bond acceptors (Lipinski definition) is 2. The number of likely N-dealkylation sites (tertiary alicyclic amines) is 1. The lowest BCUT2D eigenvalue weighted by Crippen LogP contribution is -2.34. The SMILES string of the molecule is CCN1CCC(CC)(CCN(C)C(C)C)C1. The topological polar surface area (TPSA) is 6.48 Å². The van der Waals surface area contributed by atoms with Crippen molar-refractivity contribution in [1.82, 2.24) is 9.80 Å². The van der Waals surface area contributed by atoms with Crippen LogP contribution in [0.4, 0.5) is 0 Å². The van der Waals surface area contributed by atoms with Crippen LogP contribution in [0.1, 0.15) is 47.0 Å². The van der Waals surface area contributed by atoms with Gasteiger partial charge in [-0.15, -0.1) is 0 Å². The summed E-state index contributed by atoms with van der Waals surface area (Å²) < 4.78 is 0. The zero-order valence-electron chi connectivity index (χ0n) is 11.9. The molecule has 16 heavy (non-hydrogen) atoms. The lowest BCUT2D eigenvalue weighted by Gasteiger charge is -2.31. The van der Waals surface area contributed by atoms with Crippen LogP contribution in [0.3, 0.4) is 0 Å². The van der Waals surface area contributed by atoms with Gasteiger partial charge in [-0.2, -0.15) is 0 Å². The Labute approximate surface area is 102 Å². The third-order valence-electron chi connectivity index (χ3n) is 4.59. The summed E-state index contributed by atoms with van der Waals surface area (Å²) in [6, 6.07) is 0.678. The first-order valence-electron chi connectivity index (χ1n) is 6.95. The van der Waals surface area contributed by atoms with Crippen LogP contribution in [0.15, 0.2) is 0 Å². The molecule has 0 saturated carbocycles. The van der Waals surface area contributed by atoms with E-state index in [-0.39, 0.29) is 0 Å². The summed E-state index contributed by atoms with van der Waals surface area (Å²) in [5.74, 6) is 0. The van der Waals surface area contributed by atoms with Crippen molar-refractivity contribution in [2.75, 3.05) is 33.2 Å². The molecule has 1 fully saturated rings. The molecule has 0 spiro atoms. The average molecular weight is 226 g/mol. The third-order valence-corrected chi connectivity index (χ3v) is 4.59. The zero-order valence-corrected chi connectivity index (χ0v) is 11.9. The number of rotatable bonds is 6. The van der Waals surface area contributed by atoms with Crippen molar-refractivity contribution in [3.8, 4) is 0 Å². The molecule has 1 atom stereocenters. The van der Waals surface area contributed by atoms with E-state index >= 15 is 0 Å². The zero-order chi connectivity index (χ0) is 12.2. The van der Waals surface area contributed by atoms with Crippen molar-refractivity contribution in [2.45, 2.75) is 53.0 Å². The van der Waals surface area contributed by atoms with Gasteiger partial charge in [-0.05, 0) is 65.2 Å². The van der Waals surface area contributed by atoms with E-state index in [0.717, 1.165) is 0 Å². The molecule has 1 saturated heterocycles. The van der Waals surface area contributed by atoms with Crippen LogP contribution in [0, 0.1) is 5.41 Å². The number of hydrogen-bond donors (Lipinski definition) is 0. The van der Waals surface area contributed by atoms with Gasteiger partial charge >= 0.3 is 0 Å². The van der Waals surface area contributed by atoms with E-state index in [2.05, 4.69) is 44.5 Å². The molecule has 0 aromatic rings. The smallest absolute Gasteiger partial charge is 0.00387 e. The van der Waals surface area contributed by atoms with Gasteiger partial charge in [0.25, 0.3) is 0 Å². The monoisotopic (exact) mass is 226 g/mol. The van der Waals surface area contributed by atoms with Gasteiger partial charge in [-0.1, -0.05) is 13.8 Å². The van der Waals surface area contributed by atoms with Crippen molar-refractivity contribution in [2.24, 2.45) is 5.41 Å². The predicted molar refractivity (Wildman–Crippen MR) is 71.8 cm³/mol. The first kappa shape index (κ1) is 14.0. The van der Waals surface area contributed by atoms with Crippen LogP contribution in [-0.4, -0.2) is 49.1 Å². The maximum atomic E-state index is 2.61. The first-order chi connectivity index (χ1) is 7.53. The van der Waals surface area contributed by atoms with E-state index in [0.29, 0.717) is 11.5 Å². The van der Waals surface area contributed by atoms with E-state index < -0.39 is 0 Å². The third kappa shape index (κ3) is 3.46. The Kier molecular flexibility index (Phi) is 5.26. The summed E-state index contributed by atoms with van der Waals surface area (Å²) in [5.41, 5.74) is 0.610. The standard InChI is InChI=1S/C14H30N2/c1-6-14(8-10-15(5)13(3)4)9-11-16(7-2)12-14/h13H,6-12H2,1-5H3. The minimum absolute atomic E-state index is 0.610. The summed E-state index contributed by atoms with van der Waals surface area (Å²) in [5, 5.41) is 0. The molecule has 0 aromatic heterocycles. The molecule has 2 heteroatoms. The lowest BCUT2D eigenvalue weighted by atomic mass is 9.81. The van der Waals surface area contributed by atoms with Gasteiger partial charge in [-0.3, -0.25) is 0 Å². The highest BCUT2D eigenvalue weighted by Crippen LogP contribution is 2.37. The highest BCUT2D eigenvalue weighted by atomic mass is 15.2. The molecule has 1 aliphatic rings. The summed E-state index contributed by atoms with van der Waals surface area (Å²) in [6.45, 7) is 14.3. The van der Waals surface area contributed by atoms with Gasteiger partial charge in [0.2, 0.25) is 0 Å². The van der Waals surface area contributed by atoms with Crippen molar-refractivity contribution in [3.05, 3.63) is 0 Å². The molecule has 1 heterocycles. The second kappa shape index (κ2) is 6.02. The lowest BCUT2D eigenvalue weighted by molar-refractivity contribution is 0.183. The molecule has 0 bridgehead atoms. The summed E-state index contributed by atoms with van der Waals surface area (Å²) in [4.78, 5) is 5.09. The van der Waals surface area contributed by atoms with Crippen molar-refractivity contribution < 1.29 is 0 Å². The van der Waals surface area contributed by atoms with E-state index in [4.69, 9.17) is 0 Å². The quantitative estimate of drug-likeness (QED) is 0.687. The van der Waals surface area contributed by atoms with Crippen LogP contribution < -0.4 is 0 Å². The number of nitrogens with zero attached hydrogens (tertiary/aromatic N) is 2. The Hall–Kier alpha value is -0.0800. The second-order valence-electron chi connectivity index (χ2n) is 5.80. The van der Waals surface area contributed by atoms with Gasteiger partial charge in [0.1, 0.15) is 0 Å². The van der Waals surface area contributed by atoms with Crippen LogP contribution >= 0.6 is 0 Å². The fourth-order valence-corrected chi connectivity index (χ4v) is 2.64. The predicted octanol–water partition coefficient (Wildman–Crippen LogP) is 2.84. The van der Waals surface area contributed by atoms with Crippen LogP contribution in [0.5, 0.6) is 0 Å². The van der Waals surface area contributed by atoms with Gasteiger partial charge in [-0.25, -0.2) is 0 Å². The molecule has 1 aliphatic heterocycles. The molecule has 2 nitrogen and oxygen atoms in total. The Balaban J connectivity index is 2.43. The molecule has 1 rings (SSSR count). The van der Waals surface area contributed by atoms with Crippen LogP contribution in [-0.2, 0) is 0 Å². The molecular weight excluding hydrogens is 196 g/mol. The summed E-state index contributed by atoms with van der Waals surface area (Å²) in [6.07, 6.45) is 4.12. The Bertz CT molecular complexity index is 203. The van der Waals surface area contributed by atoms with Gasteiger partial charge in [0, 0.05) is 12.6 Å². The molecule has 0 N–H and O–H groups in total. The maximum absolute atomic E-state index is 2.61. The molecule has 0 aliphatic carbocycles. The summed E-state index contributed by atoms with van der Waals surface area (Å²) in [7, 11) is 2.25. The van der Waals surface area contributed by atoms with Gasteiger partial charge in [0.05, 0.1) is 0 Å². The van der Waals surface area contributed by atoms with Crippen LogP contribution in [0.2, 0.25) is 0 Å². The minimum Gasteiger partial charge on any atom is -0.304 e. The highest BCUT2D eigenvalue weighted by molar-refractivity contribution is 4.89. The Morgan fingerprint density at radius 2 is 2.00 bits per heavy atom.